The summed E-state index contributed by atoms with van der Waals surface area (Å²) in [7, 11) is 1.36. The molecule has 1 fully saturated rings. The quantitative estimate of drug-likeness (QED) is 0.835. The van der Waals surface area contributed by atoms with Crippen molar-refractivity contribution in [2.24, 2.45) is 5.41 Å². The maximum Gasteiger partial charge on any atom is 0.337 e. The van der Waals surface area contributed by atoms with Gasteiger partial charge in [-0.25, -0.2) is 4.79 Å². The van der Waals surface area contributed by atoms with Crippen LogP contribution < -0.4 is 0 Å². The number of rotatable bonds is 5. The average Bonchev–Trinajstić information content (AvgIpc) is 3.07. The molecule has 1 saturated carbocycles. The highest BCUT2D eigenvalue weighted by Crippen LogP contribution is 2.48. The number of carboxylic acids is 1. The highest BCUT2D eigenvalue weighted by Gasteiger charge is 2.45. The highest BCUT2D eigenvalue weighted by molar-refractivity contribution is 5.89. The molecular formula is C21H22O4. The minimum Gasteiger partial charge on any atom is -0.481 e. The summed E-state index contributed by atoms with van der Waals surface area (Å²) in [5.74, 6) is -0.876. The van der Waals surface area contributed by atoms with Crippen molar-refractivity contribution in [1.29, 1.82) is 0 Å². The van der Waals surface area contributed by atoms with Crippen LogP contribution >= 0.6 is 0 Å². The van der Waals surface area contributed by atoms with Gasteiger partial charge in [-0.05, 0) is 54.9 Å². The van der Waals surface area contributed by atoms with E-state index >= 15 is 0 Å². The molecule has 0 saturated heterocycles. The summed E-state index contributed by atoms with van der Waals surface area (Å²) in [6.07, 6.45) is 2.69. The average molecular weight is 338 g/mol. The van der Waals surface area contributed by atoms with Crippen LogP contribution in [0.15, 0.2) is 54.6 Å². The lowest BCUT2D eigenvalue weighted by atomic mass is 9.78. The molecule has 2 aromatic rings. The fraction of sp³-hybridized carbons (Fsp3) is 0.333. The Labute approximate surface area is 147 Å². The normalized spacial score (nSPS) is 22.5. The molecule has 0 aromatic heterocycles. The number of benzene rings is 2. The van der Waals surface area contributed by atoms with Gasteiger partial charge < -0.3 is 9.84 Å². The van der Waals surface area contributed by atoms with Gasteiger partial charge in [0.2, 0.25) is 0 Å². The Morgan fingerprint density at radius 2 is 1.80 bits per heavy atom. The van der Waals surface area contributed by atoms with Gasteiger partial charge in [-0.15, -0.1) is 0 Å². The predicted molar refractivity (Wildman–Crippen MR) is 94.6 cm³/mol. The van der Waals surface area contributed by atoms with E-state index in [1.165, 1.54) is 7.11 Å². The van der Waals surface area contributed by atoms with Crippen molar-refractivity contribution in [1.82, 2.24) is 0 Å². The SMILES string of the molecule is COC(=O)c1ccc([C@H]2CC[C@@](Cc3ccccc3)(C(=O)O)C2)cc1. The van der Waals surface area contributed by atoms with Crippen LogP contribution in [0, 0.1) is 5.41 Å². The van der Waals surface area contributed by atoms with Crippen LogP contribution in [0.3, 0.4) is 0 Å². The third kappa shape index (κ3) is 3.58. The number of carbonyl (C=O) groups is 2. The van der Waals surface area contributed by atoms with Gasteiger partial charge in [0.25, 0.3) is 0 Å². The zero-order chi connectivity index (χ0) is 17.9. The van der Waals surface area contributed by atoms with Gasteiger partial charge in [0.1, 0.15) is 0 Å². The fourth-order valence-corrected chi connectivity index (χ4v) is 3.84. The zero-order valence-corrected chi connectivity index (χ0v) is 14.3. The summed E-state index contributed by atoms with van der Waals surface area (Å²) < 4.78 is 4.72. The minimum atomic E-state index is -0.718. The van der Waals surface area contributed by atoms with E-state index in [1.807, 2.05) is 42.5 Å². The summed E-state index contributed by atoms with van der Waals surface area (Å²) in [6, 6.07) is 17.1. The van der Waals surface area contributed by atoms with Crippen molar-refractivity contribution in [3.63, 3.8) is 0 Å². The number of esters is 1. The lowest BCUT2D eigenvalue weighted by Gasteiger charge is -2.24. The van der Waals surface area contributed by atoms with E-state index in [0.29, 0.717) is 24.8 Å². The molecule has 1 aliphatic carbocycles. The zero-order valence-electron chi connectivity index (χ0n) is 14.3. The lowest BCUT2D eigenvalue weighted by Crippen LogP contribution is -2.30. The van der Waals surface area contributed by atoms with Crippen molar-refractivity contribution < 1.29 is 19.4 Å². The molecule has 2 atom stereocenters. The first kappa shape index (κ1) is 17.2. The summed E-state index contributed by atoms with van der Waals surface area (Å²) in [6.45, 7) is 0. The molecule has 130 valence electrons. The molecule has 4 nitrogen and oxygen atoms in total. The smallest absolute Gasteiger partial charge is 0.337 e. The van der Waals surface area contributed by atoms with E-state index in [4.69, 9.17) is 4.74 Å². The van der Waals surface area contributed by atoms with E-state index in [-0.39, 0.29) is 11.9 Å². The number of aliphatic carboxylic acids is 1. The van der Waals surface area contributed by atoms with Crippen LogP contribution in [0.5, 0.6) is 0 Å². The largest absolute Gasteiger partial charge is 0.481 e. The van der Waals surface area contributed by atoms with Gasteiger partial charge in [-0.1, -0.05) is 42.5 Å². The maximum atomic E-state index is 12.0. The van der Waals surface area contributed by atoms with Crippen molar-refractivity contribution in [3.8, 4) is 0 Å². The Balaban J connectivity index is 1.78. The van der Waals surface area contributed by atoms with Gasteiger partial charge in [0, 0.05) is 0 Å². The monoisotopic (exact) mass is 338 g/mol. The molecule has 0 amide bonds. The molecule has 0 spiro atoms. The van der Waals surface area contributed by atoms with E-state index in [0.717, 1.165) is 17.5 Å². The van der Waals surface area contributed by atoms with Crippen LogP contribution in [0.25, 0.3) is 0 Å². The van der Waals surface area contributed by atoms with E-state index in [1.54, 1.807) is 12.1 Å². The topological polar surface area (TPSA) is 63.6 Å². The fourth-order valence-electron chi connectivity index (χ4n) is 3.84. The molecule has 0 radical (unpaired) electrons. The van der Waals surface area contributed by atoms with Gasteiger partial charge in [-0.2, -0.15) is 0 Å². The number of carboxylic acid groups (broad SMARTS) is 1. The van der Waals surface area contributed by atoms with Crippen LogP contribution in [-0.2, 0) is 16.0 Å². The Morgan fingerprint density at radius 3 is 2.40 bits per heavy atom. The predicted octanol–water partition coefficient (Wildman–Crippen LogP) is 4.05. The molecule has 1 aliphatic rings. The van der Waals surface area contributed by atoms with Crippen molar-refractivity contribution in [3.05, 3.63) is 71.3 Å². The first-order chi connectivity index (χ1) is 12.0. The number of hydrogen-bond donors (Lipinski definition) is 1. The van der Waals surface area contributed by atoms with Gasteiger partial charge >= 0.3 is 11.9 Å². The molecule has 0 unspecified atom stereocenters. The third-order valence-electron chi connectivity index (χ3n) is 5.25. The number of ether oxygens (including phenoxy) is 1. The Morgan fingerprint density at radius 1 is 1.12 bits per heavy atom. The Hall–Kier alpha value is -2.62. The van der Waals surface area contributed by atoms with Crippen LogP contribution in [-0.4, -0.2) is 24.2 Å². The van der Waals surface area contributed by atoms with Crippen LogP contribution in [0.2, 0.25) is 0 Å². The molecule has 1 N–H and O–H groups in total. The van der Waals surface area contributed by atoms with E-state index < -0.39 is 11.4 Å². The molecule has 4 heteroatoms. The summed E-state index contributed by atoms with van der Waals surface area (Å²) >= 11 is 0. The number of hydrogen-bond acceptors (Lipinski definition) is 3. The molecule has 2 aromatic carbocycles. The van der Waals surface area contributed by atoms with Gasteiger partial charge in [0.15, 0.2) is 0 Å². The third-order valence-corrected chi connectivity index (χ3v) is 5.25. The standard InChI is InChI=1S/C21H22O4/c1-25-19(22)17-9-7-16(8-10-17)18-11-12-21(14-18,20(23)24)13-15-5-3-2-4-6-15/h2-10,18H,11-14H2,1H3,(H,23,24)/t18-,21-/m0/s1. The van der Waals surface area contributed by atoms with Gasteiger partial charge in [0.05, 0.1) is 18.1 Å². The Bertz CT molecular complexity index is 751. The van der Waals surface area contributed by atoms with E-state index in [9.17, 15) is 14.7 Å². The van der Waals surface area contributed by atoms with Crippen LogP contribution in [0.4, 0.5) is 0 Å². The minimum absolute atomic E-state index is 0.200. The molecule has 0 heterocycles. The molecule has 25 heavy (non-hydrogen) atoms. The second-order valence-corrected chi connectivity index (χ2v) is 6.80. The molecular weight excluding hydrogens is 316 g/mol. The first-order valence-corrected chi connectivity index (χ1v) is 8.50. The molecule has 0 bridgehead atoms. The number of methoxy groups -OCH3 is 1. The summed E-state index contributed by atoms with van der Waals surface area (Å²) in [5.41, 5.74) is 1.95. The highest BCUT2D eigenvalue weighted by atomic mass is 16.5. The van der Waals surface area contributed by atoms with Crippen molar-refractivity contribution in [2.75, 3.05) is 7.11 Å². The maximum absolute atomic E-state index is 12.0. The van der Waals surface area contributed by atoms with E-state index in [2.05, 4.69) is 0 Å². The van der Waals surface area contributed by atoms with Crippen LogP contribution in [0.1, 0.15) is 46.7 Å². The lowest BCUT2D eigenvalue weighted by molar-refractivity contribution is -0.148. The van der Waals surface area contributed by atoms with Crippen molar-refractivity contribution >= 4 is 11.9 Å². The van der Waals surface area contributed by atoms with Gasteiger partial charge in [-0.3, -0.25) is 4.79 Å². The molecule has 0 aliphatic heterocycles. The summed E-state index contributed by atoms with van der Waals surface area (Å²) in [4.78, 5) is 23.6. The second-order valence-electron chi connectivity index (χ2n) is 6.80. The Kier molecular flexibility index (Phi) is 4.88. The second kappa shape index (κ2) is 7.09. The van der Waals surface area contributed by atoms with Crippen molar-refractivity contribution in [2.45, 2.75) is 31.6 Å². The summed E-state index contributed by atoms with van der Waals surface area (Å²) in [5, 5.41) is 9.88. The molecule has 3 rings (SSSR count). The first-order valence-electron chi connectivity index (χ1n) is 8.50. The number of carbonyl (C=O) groups excluding carboxylic acids is 1.